The lowest BCUT2D eigenvalue weighted by molar-refractivity contribution is 0.793. The molecule has 1 aromatic heterocycles. The number of aromatic nitrogens is 1. The quantitative estimate of drug-likeness (QED) is 0.143. The van der Waals surface area contributed by atoms with Crippen molar-refractivity contribution in [2.24, 2.45) is 7.05 Å². The highest BCUT2D eigenvalue weighted by atomic mass is 14.9. The van der Waals surface area contributed by atoms with Crippen molar-refractivity contribution in [2.45, 2.75) is 130 Å². The van der Waals surface area contributed by atoms with E-state index in [0.717, 1.165) is 6.42 Å². The molecule has 0 radical (unpaired) electrons. The van der Waals surface area contributed by atoms with Crippen LogP contribution in [0.5, 0.6) is 0 Å². The van der Waals surface area contributed by atoms with E-state index in [4.69, 9.17) is 0 Å². The van der Waals surface area contributed by atoms with Gasteiger partial charge in [0.25, 0.3) is 0 Å². The van der Waals surface area contributed by atoms with E-state index < -0.39 is 0 Å². The molecule has 364 valence electrons. The molecule has 3 aliphatic rings. The highest BCUT2D eigenvalue weighted by Crippen LogP contribution is 2.63. The SMILES string of the molecule is C.CC.CC.CC.CC.CC.CC.CC.Cc1cccc2c1-c1ccccc1C21c2ccccc2-c2c(C)cccc21.Cn1c2ccccc2c2ccccc21.c1ccc2c(c1)Cc1ccccc1-2. The van der Waals surface area contributed by atoms with Gasteiger partial charge < -0.3 is 4.57 Å². The summed E-state index contributed by atoms with van der Waals surface area (Å²) >= 11 is 0. The first-order valence-corrected chi connectivity index (χ1v) is 26.1. The van der Waals surface area contributed by atoms with Crippen LogP contribution in [-0.4, -0.2) is 4.57 Å². The molecular weight excluding hydrogens is 831 g/mol. The van der Waals surface area contributed by atoms with Gasteiger partial charge in [-0.15, -0.1) is 0 Å². The van der Waals surface area contributed by atoms with Crippen molar-refractivity contribution in [3.05, 3.63) is 226 Å². The molecule has 0 N–H and O–H groups in total. The van der Waals surface area contributed by atoms with E-state index in [0.29, 0.717) is 0 Å². The minimum absolute atomic E-state index is 0. The predicted molar refractivity (Wildman–Crippen MR) is 313 cm³/mol. The normalized spacial score (nSPS) is 10.9. The van der Waals surface area contributed by atoms with Crippen molar-refractivity contribution in [3.8, 4) is 33.4 Å². The van der Waals surface area contributed by atoms with Crippen molar-refractivity contribution < 1.29 is 0 Å². The van der Waals surface area contributed by atoms with Crippen LogP contribution in [0.3, 0.4) is 0 Å². The largest absolute Gasteiger partial charge is 0.344 e. The van der Waals surface area contributed by atoms with Crippen LogP contribution in [0.4, 0.5) is 0 Å². The van der Waals surface area contributed by atoms with E-state index in [1.165, 1.54) is 99.7 Å². The molecule has 0 bridgehead atoms. The summed E-state index contributed by atoms with van der Waals surface area (Å²) in [6.45, 7) is 32.5. The first-order valence-electron chi connectivity index (χ1n) is 26.1. The molecular formula is C68H87N. The molecule has 1 heterocycles. The van der Waals surface area contributed by atoms with Crippen LogP contribution in [0.1, 0.15) is 149 Å². The standard InChI is InChI=1S/C27H20.C13H11N.C13H10.7C2H6.CH4/c1-17-9-7-15-23-25(17)19-11-3-5-13-21(19)27(23)22-14-6-4-12-20(22)26-18(2)10-8-16-24(26)27;1-14-12-8-4-2-6-10(12)11-7-3-5-9-13(11)14;1-3-7-12-10(5-1)9-11-6-2-4-8-13(11)12;7*1-2;/h3-16H,1-2H3;2-9H,1H3;1-8H,9H2;7*1-2H3;1H4. The molecule has 9 aromatic rings. The molecule has 3 aliphatic carbocycles. The first kappa shape index (κ1) is 58.7. The van der Waals surface area contributed by atoms with Crippen LogP contribution in [0.25, 0.3) is 55.2 Å². The van der Waals surface area contributed by atoms with E-state index in [9.17, 15) is 0 Å². The second kappa shape index (κ2) is 29.4. The molecule has 0 amide bonds. The zero-order valence-corrected chi connectivity index (χ0v) is 45.0. The van der Waals surface area contributed by atoms with E-state index in [1.54, 1.807) is 0 Å². The number of hydrogen-bond donors (Lipinski definition) is 0. The van der Waals surface area contributed by atoms with Crippen LogP contribution in [0.15, 0.2) is 182 Å². The van der Waals surface area contributed by atoms with Crippen molar-refractivity contribution in [1.82, 2.24) is 4.57 Å². The third kappa shape index (κ3) is 11.2. The van der Waals surface area contributed by atoms with Gasteiger partial charge >= 0.3 is 0 Å². The summed E-state index contributed by atoms with van der Waals surface area (Å²) in [5.74, 6) is 0. The van der Waals surface area contributed by atoms with Gasteiger partial charge in [-0.1, -0.05) is 274 Å². The maximum absolute atomic E-state index is 2.34. The fourth-order valence-electron chi connectivity index (χ4n) is 9.80. The average Bonchev–Trinajstić information content (AvgIpc) is 4.15. The maximum Gasteiger partial charge on any atom is 0.0725 e. The topological polar surface area (TPSA) is 4.93 Å². The van der Waals surface area contributed by atoms with Crippen LogP contribution in [0.2, 0.25) is 0 Å². The van der Waals surface area contributed by atoms with Crippen LogP contribution >= 0.6 is 0 Å². The number of hydrogen-bond acceptors (Lipinski definition) is 0. The molecule has 0 aliphatic heterocycles. The Balaban J connectivity index is 0.000000333. The van der Waals surface area contributed by atoms with Crippen molar-refractivity contribution >= 4 is 21.8 Å². The predicted octanol–water partition coefficient (Wildman–Crippen LogP) is 21.1. The Kier molecular flexibility index (Phi) is 25.0. The summed E-state index contributed by atoms with van der Waals surface area (Å²) in [7, 11) is 2.12. The molecule has 0 saturated heterocycles. The van der Waals surface area contributed by atoms with Crippen LogP contribution in [-0.2, 0) is 18.9 Å². The van der Waals surface area contributed by atoms with Crippen molar-refractivity contribution in [2.75, 3.05) is 0 Å². The maximum atomic E-state index is 2.34. The summed E-state index contributed by atoms with van der Waals surface area (Å²) in [6, 6.07) is 66.0. The summed E-state index contributed by atoms with van der Waals surface area (Å²) in [4.78, 5) is 0. The Morgan fingerprint density at radius 3 is 0.986 bits per heavy atom. The van der Waals surface area contributed by atoms with E-state index in [-0.39, 0.29) is 12.8 Å². The highest BCUT2D eigenvalue weighted by molar-refractivity contribution is 6.07. The van der Waals surface area contributed by atoms with Crippen molar-refractivity contribution in [3.63, 3.8) is 0 Å². The summed E-state index contributed by atoms with van der Waals surface area (Å²) in [6.07, 6.45) is 1.10. The van der Waals surface area contributed by atoms with Gasteiger partial charge in [0.2, 0.25) is 0 Å². The van der Waals surface area contributed by atoms with Crippen LogP contribution in [0, 0.1) is 13.8 Å². The second-order valence-electron chi connectivity index (χ2n) is 14.9. The Morgan fingerprint density at radius 2 is 0.609 bits per heavy atom. The number of para-hydroxylation sites is 2. The van der Waals surface area contributed by atoms with E-state index >= 15 is 0 Å². The Labute approximate surface area is 421 Å². The summed E-state index contributed by atoms with van der Waals surface area (Å²) in [5, 5.41) is 2.68. The first-order chi connectivity index (χ1) is 33.6. The average molecular weight is 918 g/mol. The summed E-state index contributed by atoms with van der Waals surface area (Å²) in [5.41, 5.74) is 22.2. The molecule has 1 heteroatoms. The highest BCUT2D eigenvalue weighted by Gasteiger charge is 2.52. The lowest BCUT2D eigenvalue weighted by atomic mass is 9.70. The number of rotatable bonds is 0. The zero-order valence-electron chi connectivity index (χ0n) is 45.0. The van der Waals surface area contributed by atoms with Gasteiger partial charge in [-0.2, -0.15) is 0 Å². The second-order valence-corrected chi connectivity index (χ2v) is 14.9. The number of nitrogens with zero attached hydrogens (tertiary/aromatic N) is 1. The minimum atomic E-state index is -0.199. The van der Waals surface area contributed by atoms with Gasteiger partial charge in [0, 0.05) is 28.9 Å². The van der Waals surface area contributed by atoms with Gasteiger partial charge in [-0.3, -0.25) is 0 Å². The fraction of sp³-hybridized carbons (Fsp3) is 0.294. The molecule has 0 saturated carbocycles. The Morgan fingerprint density at radius 1 is 0.319 bits per heavy atom. The third-order valence-corrected chi connectivity index (χ3v) is 12.1. The van der Waals surface area contributed by atoms with Gasteiger partial charge in [-0.25, -0.2) is 0 Å². The summed E-state index contributed by atoms with van der Waals surface area (Å²) < 4.78 is 2.24. The molecule has 0 atom stereocenters. The van der Waals surface area contributed by atoms with Crippen molar-refractivity contribution in [1.29, 1.82) is 0 Å². The fourth-order valence-corrected chi connectivity index (χ4v) is 9.80. The van der Waals surface area contributed by atoms with Gasteiger partial charge in [0.1, 0.15) is 0 Å². The third-order valence-electron chi connectivity index (χ3n) is 12.1. The lowest BCUT2D eigenvalue weighted by Gasteiger charge is -2.30. The lowest BCUT2D eigenvalue weighted by Crippen LogP contribution is -2.25. The molecule has 12 rings (SSSR count). The molecule has 0 unspecified atom stereocenters. The molecule has 8 aromatic carbocycles. The zero-order chi connectivity index (χ0) is 50.4. The van der Waals surface area contributed by atoms with E-state index in [1.807, 2.05) is 96.9 Å². The minimum Gasteiger partial charge on any atom is -0.344 e. The van der Waals surface area contributed by atoms with E-state index in [2.05, 4.69) is 207 Å². The Bertz CT molecular complexity index is 2710. The van der Waals surface area contributed by atoms with Gasteiger partial charge in [-0.05, 0) is 110 Å². The number of fused-ring (bicyclic) bond motifs is 16. The number of aryl methyl sites for hydroxylation is 3. The monoisotopic (exact) mass is 918 g/mol. The molecule has 69 heavy (non-hydrogen) atoms. The molecule has 1 nitrogen and oxygen atoms in total. The number of benzene rings is 8. The molecule has 1 spiro atoms. The van der Waals surface area contributed by atoms with Crippen LogP contribution < -0.4 is 0 Å². The van der Waals surface area contributed by atoms with Gasteiger partial charge in [0.05, 0.1) is 5.41 Å². The van der Waals surface area contributed by atoms with Gasteiger partial charge in [0.15, 0.2) is 0 Å². The Hall–Kier alpha value is -6.44. The smallest absolute Gasteiger partial charge is 0.0725 e. The molecule has 0 fully saturated rings.